The standard InChI is InChI=1S/C12H15N5OS/c1-8-15-16-12(17(8)2)19-7-11(18)14-10-5-3-9(13)4-6-10/h3-6H,7,13H2,1-2H3,(H,14,18). The molecule has 1 aromatic carbocycles. The van der Waals surface area contributed by atoms with Gasteiger partial charge in [0.25, 0.3) is 0 Å². The molecule has 0 aliphatic heterocycles. The predicted octanol–water partition coefficient (Wildman–Crippen LogP) is 1.44. The van der Waals surface area contributed by atoms with Gasteiger partial charge in [0, 0.05) is 18.4 Å². The van der Waals surface area contributed by atoms with Gasteiger partial charge in [0.1, 0.15) is 5.82 Å². The number of amides is 1. The minimum absolute atomic E-state index is 0.0876. The van der Waals surface area contributed by atoms with Gasteiger partial charge in [-0.2, -0.15) is 0 Å². The second-order valence-electron chi connectivity index (χ2n) is 4.05. The molecule has 0 saturated carbocycles. The van der Waals surface area contributed by atoms with Crippen molar-refractivity contribution in [3.63, 3.8) is 0 Å². The van der Waals surface area contributed by atoms with Crippen molar-refractivity contribution >= 4 is 29.0 Å². The summed E-state index contributed by atoms with van der Waals surface area (Å²) in [5, 5.41) is 11.4. The third kappa shape index (κ3) is 3.47. The Morgan fingerprint density at radius 1 is 1.37 bits per heavy atom. The van der Waals surface area contributed by atoms with Crippen LogP contribution in [0.15, 0.2) is 29.4 Å². The molecule has 0 radical (unpaired) electrons. The van der Waals surface area contributed by atoms with Crippen LogP contribution in [0, 0.1) is 6.92 Å². The predicted molar refractivity (Wildman–Crippen MR) is 75.9 cm³/mol. The summed E-state index contributed by atoms with van der Waals surface area (Å²) in [5.74, 6) is 1.02. The monoisotopic (exact) mass is 277 g/mol. The molecule has 6 nitrogen and oxygen atoms in total. The number of thioether (sulfide) groups is 1. The van der Waals surface area contributed by atoms with E-state index in [4.69, 9.17) is 5.73 Å². The van der Waals surface area contributed by atoms with E-state index in [1.165, 1.54) is 11.8 Å². The smallest absolute Gasteiger partial charge is 0.234 e. The Balaban J connectivity index is 1.88. The SMILES string of the molecule is Cc1nnc(SCC(=O)Nc2ccc(N)cc2)n1C. The summed E-state index contributed by atoms with van der Waals surface area (Å²) in [6, 6.07) is 7.03. The summed E-state index contributed by atoms with van der Waals surface area (Å²) in [5.41, 5.74) is 6.98. The molecule has 0 aliphatic rings. The third-order valence-corrected chi connectivity index (χ3v) is 3.60. The lowest BCUT2D eigenvalue weighted by atomic mass is 10.3. The fourth-order valence-corrected chi connectivity index (χ4v) is 2.16. The number of rotatable bonds is 4. The van der Waals surface area contributed by atoms with Crippen molar-refractivity contribution in [3.8, 4) is 0 Å². The van der Waals surface area contributed by atoms with Crippen molar-refractivity contribution < 1.29 is 4.79 Å². The topological polar surface area (TPSA) is 85.8 Å². The summed E-state index contributed by atoms with van der Waals surface area (Å²) in [4.78, 5) is 11.8. The first-order valence-corrected chi connectivity index (χ1v) is 6.69. The van der Waals surface area contributed by atoms with Gasteiger partial charge in [0.2, 0.25) is 5.91 Å². The number of carbonyl (C=O) groups excluding carboxylic acids is 1. The van der Waals surface area contributed by atoms with Crippen molar-refractivity contribution in [2.24, 2.45) is 7.05 Å². The van der Waals surface area contributed by atoms with Crippen molar-refractivity contribution in [2.75, 3.05) is 16.8 Å². The average molecular weight is 277 g/mol. The zero-order chi connectivity index (χ0) is 13.8. The normalized spacial score (nSPS) is 10.4. The van der Waals surface area contributed by atoms with E-state index < -0.39 is 0 Å². The maximum Gasteiger partial charge on any atom is 0.234 e. The van der Waals surface area contributed by atoms with E-state index in [1.54, 1.807) is 24.3 Å². The fourth-order valence-electron chi connectivity index (χ4n) is 1.41. The Morgan fingerprint density at radius 3 is 2.63 bits per heavy atom. The zero-order valence-corrected chi connectivity index (χ0v) is 11.6. The molecule has 0 fully saturated rings. The number of aromatic nitrogens is 3. The molecule has 1 amide bonds. The van der Waals surface area contributed by atoms with Crippen molar-refractivity contribution in [2.45, 2.75) is 12.1 Å². The van der Waals surface area contributed by atoms with Crippen LogP contribution < -0.4 is 11.1 Å². The average Bonchev–Trinajstić information content (AvgIpc) is 2.70. The Labute approximate surface area is 115 Å². The number of nitrogen functional groups attached to an aromatic ring is 1. The second-order valence-corrected chi connectivity index (χ2v) is 4.99. The lowest BCUT2D eigenvalue weighted by Crippen LogP contribution is -2.14. The highest BCUT2D eigenvalue weighted by atomic mass is 32.2. The first-order valence-electron chi connectivity index (χ1n) is 5.70. The summed E-state index contributed by atoms with van der Waals surface area (Å²) < 4.78 is 1.85. The molecule has 0 unspecified atom stereocenters. The molecule has 1 heterocycles. The quantitative estimate of drug-likeness (QED) is 0.652. The third-order valence-electron chi connectivity index (χ3n) is 2.58. The number of nitrogens with two attached hydrogens (primary N) is 1. The number of hydrogen-bond donors (Lipinski definition) is 2. The molecule has 7 heteroatoms. The van der Waals surface area contributed by atoms with Gasteiger partial charge in [0.15, 0.2) is 5.16 Å². The second kappa shape index (κ2) is 5.75. The molecule has 19 heavy (non-hydrogen) atoms. The Kier molecular flexibility index (Phi) is 4.06. The number of carbonyl (C=O) groups is 1. The van der Waals surface area contributed by atoms with Gasteiger partial charge in [0.05, 0.1) is 5.75 Å². The maximum absolute atomic E-state index is 11.8. The number of nitrogens with one attached hydrogen (secondary N) is 1. The number of nitrogens with zero attached hydrogens (tertiary/aromatic N) is 3. The van der Waals surface area contributed by atoms with E-state index in [-0.39, 0.29) is 11.7 Å². The van der Waals surface area contributed by atoms with Crippen molar-refractivity contribution in [1.29, 1.82) is 0 Å². The molecule has 0 atom stereocenters. The molecule has 2 aromatic rings. The molecular formula is C12H15N5OS. The van der Waals surface area contributed by atoms with Gasteiger partial charge >= 0.3 is 0 Å². The van der Waals surface area contributed by atoms with Crippen LogP contribution in [0.2, 0.25) is 0 Å². The lowest BCUT2D eigenvalue weighted by molar-refractivity contribution is -0.113. The van der Waals surface area contributed by atoms with E-state index in [0.717, 1.165) is 16.7 Å². The van der Waals surface area contributed by atoms with Crippen LogP contribution >= 0.6 is 11.8 Å². The van der Waals surface area contributed by atoms with Gasteiger partial charge < -0.3 is 15.6 Å². The van der Waals surface area contributed by atoms with Gasteiger partial charge in [-0.1, -0.05) is 11.8 Å². The molecule has 1 aromatic heterocycles. The molecule has 0 spiro atoms. The number of anilines is 2. The lowest BCUT2D eigenvalue weighted by Gasteiger charge is -2.05. The van der Waals surface area contributed by atoms with Crippen LogP contribution in [0.5, 0.6) is 0 Å². The minimum Gasteiger partial charge on any atom is -0.399 e. The van der Waals surface area contributed by atoms with Crippen LogP contribution in [-0.4, -0.2) is 26.4 Å². The maximum atomic E-state index is 11.8. The van der Waals surface area contributed by atoms with E-state index in [0.29, 0.717) is 5.69 Å². The van der Waals surface area contributed by atoms with Gasteiger partial charge in [-0.3, -0.25) is 4.79 Å². The molecule has 0 bridgehead atoms. The van der Waals surface area contributed by atoms with Gasteiger partial charge in [-0.15, -0.1) is 10.2 Å². The highest BCUT2D eigenvalue weighted by molar-refractivity contribution is 7.99. The largest absolute Gasteiger partial charge is 0.399 e. The van der Waals surface area contributed by atoms with E-state index >= 15 is 0 Å². The van der Waals surface area contributed by atoms with E-state index in [9.17, 15) is 4.79 Å². The molecule has 2 rings (SSSR count). The Morgan fingerprint density at radius 2 is 2.05 bits per heavy atom. The Bertz CT molecular complexity index is 578. The van der Waals surface area contributed by atoms with Gasteiger partial charge in [-0.05, 0) is 31.2 Å². The van der Waals surface area contributed by atoms with E-state index in [2.05, 4.69) is 15.5 Å². The molecule has 100 valence electrons. The molecule has 0 saturated heterocycles. The first-order chi connectivity index (χ1) is 9.06. The number of benzene rings is 1. The van der Waals surface area contributed by atoms with Crippen LogP contribution in [-0.2, 0) is 11.8 Å². The van der Waals surface area contributed by atoms with Crippen LogP contribution in [0.4, 0.5) is 11.4 Å². The molecule has 3 N–H and O–H groups in total. The minimum atomic E-state index is -0.0876. The highest BCUT2D eigenvalue weighted by Gasteiger charge is 2.09. The summed E-state index contributed by atoms with van der Waals surface area (Å²) in [7, 11) is 1.87. The summed E-state index contributed by atoms with van der Waals surface area (Å²) >= 11 is 1.35. The molecule has 0 aliphatic carbocycles. The van der Waals surface area contributed by atoms with Gasteiger partial charge in [-0.25, -0.2) is 0 Å². The first kappa shape index (κ1) is 13.4. The Hall–Kier alpha value is -2.02. The highest BCUT2D eigenvalue weighted by Crippen LogP contribution is 2.16. The zero-order valence-electron chi connectivity index (χ0n) is 10.8. The summed E-state index contributed by atoms with van der Waals surface area (Å²) in [6.45, 7) is 1.87. The molecular weight excluding hydrogens is 262 g/mol. The van der Waals surface area contributed by atoms with Crippen LogP contribution in [0.25, 0.3) is 0 Å². The fraction of sp³-hybridized carbons (Fsp3) is 0.250. The van der Waals surface area contributed by atoms with Crippen molar-refractivity contribution in [3.05, 3.63) is 30.1 Å². The summed E-state index contributed by atoms with van der Waals surface area (Å²) in [6.07, 6.45) is 0. The van der Waals surface area contributed by atoms with E-state index in [1.807, 2.05) is 18.5 Å². The van der Waals surface area contributed by atoms with Crippen molar-refractivity contribution in [1.82, 2.24) is 14.8 Å². The number of hydrogen-bond acceptors (Lipinski definition) is 5. The van der Waals surface area contributed by atoms with Crippen LogP contribution in [0.1, 0.15) is 5.82 Å². The number of aryl methyl sites for hydroxylation is 1. The van der Waals surface area contributed by atoms with Crippen LogP contribution in [0.3, 0.4) is 0 Å².